The molecule has 8 heteroatoms. The molecule has 236 valence electrons. The van der Waals surface area contributed by atoms with Crippen molar-refractivity contribution in [1.29, 1.82) is 0 Å². The highest BCUT2D eigenvalue weighted by atomic mass is 79.9. The molecule has 0 spiro atoms. The van der Waals surface area contributed by atoms with Gasteiger partial charge in [0.05, 0.1) is 17.0 Å². The maximum absolute atomic E-state index is 12.6. The fraction of sp³-hybridized carbons (Fsp3) is 0.514. The highest BCUT2D eigenvalue weighted by Gasteiger charge is 2.16. The normalized spacial score (nSPS) is 10.7. The van der Waals surface area contributed by atoms with Crippen LogP contribution in [-0.2, 0) is 11.3 Å². The van der Waals surface area contributed by atoms with Crippen molar-refractivity contribution in [2.75, 3.05) is 18.5 Å². The molecular weight excluding hydrogens is 624 g/mol. The molecule has 0 saturated carbocycles. The molecule has 0 aliphatic heterocycles. The first-order valence-corrected chi connectivity index (χ1v) is 16.6. The fourth-order valence-electron chi connectivity index (χ4n) is 4.95. The maximum Gasteiger partial charge on any atom is 0.262 e. The van der Waals surface area contributed by atoms with E-state index in [1.165, 1.54) is 76.0 Å². The van der Waals surface area contributed by atoms with E-state index in [2.05, 4.69) is 35.4 Å². The molecule has 1 heterocycles. The number of Topliss-reactive ketones (excluding diaryl/α,β-unsaturated/α-hetero) is 1. The number of para-hydroxylation sites is 1. The molecule has 0 unspecified atom stereocenters. The van der Waals surface area contributed by atoms with Crippen LogP contribution in [0.1, 0.15) is 112 Å². The summed E-state index contributed by atoms with van der Waals surface area (Å²) in [4.78, 5) is 26.2. The Bertz CT molecular complexity index is 1230. The number of ether oxygens (including phenoxy) is 2. The van der Waals surface area contributed by atoms with Crippen LogP contribution < -0.4 is 36.3 Å². The third-order valence-electron chi connectivity index (χ3n) is 7.29. The van der Waals surface area contributed by atoms with Crippen molar-refractivity contribution in [3.63, 3.8) is 0 Å². The lowest BCUT2D eigenvalue weighted by molar-refractivity contribution is -0.683. The number of aromatic nitrogens is 1. The van der Waals surface area contributed by atoms with Gasteiger partial charge in [0.25, 0.3) is 5.91 Å². The Kier molecular flexibility index (Phi) is 17.9. The van der Waals surface area contributed by atoms with E-state index < -0.39 is 0 Å². The van der Waals surface area contributed by atoms with Crippen LogP contribution in [0.2, 0.25) is 0 Å². The van der Waals surface area contributed by atoms with Gasteiger partial charge < -0.3 is 31.8 Å². The van der Waals surface area contributed by atoms with Crippen LogP contribution in [0, 0.1) is 6.92 Å². The molecule has 43 heavy (non-hydrogen) atoms. The number of carbonyl (C=O) groups is 2. The molecule has 0 aliphatic carbocycles. The summed E-state index contributed by atoms with van der Waals surface area (Å²) in [6.07, 6.45) is 17.4. The molecule has 0 saturated heterocycles. The van der Waals surface area contributed by atoms with Gasteiger partial charge in [0, 0.05) is 11.3 Å². The van der Waals surface area contributed by atoms with Gasteiger partial charge in [0.1, 0.15) is 0 Å². The minimum absolute atomic E-state index is 0. The van der Waals surface area contributed by atoms with E-state index >= 15 is 0 Å². The number of hydrogen-bond donors (Lipinski definition) is 1. The smallest absolute Gasteiger partial charge is 0.262 e. The van der Waals surface area contributed by atoms with Crippen molar-refractivity contribution in [3.05, 3.63) is 70.2 Å². The Labute approximate surface area is 273 Å². The van der Waals surface area contributed by atoms with Crippen molar-refractivity contribution in [2.45, 2.75) is 104 Å². The standard InChI is InChI=1S/C35H48N2O4S.BrH/c1-4-5-6-7-8-9-10-11-12-13-14-15-23-40-35-32(29(3)38)17-16-18-33(35)41-26-34(39)36-31-21-19-30(20-22-31)25-37-24-28(2)42-27-37;/h16-22,24,27H,4-15,23,25-26H2,1-3H3;1H. The number of aryl methyl sites for hydroxylation is 1. The Morgan fingerprint density at radius 1 is 0.837 bits per heavy atom. The minimum Gasteiger partial charge on any atom is -1.00 e. The summed E-state index contributed by atoms with van der Waals surface area (Å²) in [6.45, 7) is 6.99. The van der Waals surface area contributed by atoms with Gasteiger partial charge in [-0.2, -0.15) is 4.57 Å². The molecule has 0 atom stereocenters. The van der Waals surface area contributed by atoms with E-state index in [-0.39, 0.29) is 35.3 Å². The molecule has 0 fully saturated rings. The predicted molar refractivity (Wildman–Crippen MR) is 172 cm³/mol. The molecular formula is C35H49BrN2O4S. The Morgan fingerprint density at radius 2 is 1.47 bits per heavy atom. The predicted octanol–water partition coefficient (Wildman–Crippen LogP) is 5.70. The van der Waals surface area contributed by atoms with Crippen molar-refractivity contribution in [2.24, 2.45) is 0 Å². The molecule has 0 bridgehead atoms. The van der Waals surface area contributed by atoms with E-state index in [0.29, 0.717) is 29.4 Å². The first kappa shape index (κ1) is 36.5. The van der Waals surface area contributed by atoms with E-state index in [1.807, 2.05) is 24.3 Å². The summed E-state index contributed by atoms with van der Waals surface area (Å²) >= 11 is 1.72. The van der Waals surface area contributed by atoms with Gasteiger partial charge in [0.2, 0.25) is 5.51 Å². The quantitative estimate of drug-likeness (QED) is 0.0896. The number of unbranched alkanes of at least 4 members (excludes halogenated alkanes) is 11. The van der Waals surface area contributed by atoms with Gasteiger partial charge in [0.15, 0.2) is 36.6 Å². The number of nitrogens with one attached hydrogen (secondary N) is 1. The van der Waals surface area contributed by atoms with Crippen LogP contribution in [0.5, 0.6) is 11.5 Å². The molecule has 0 aliphatic rings. The number of nitrogens with zero attached hydrogens (tertiary/aromatic N) is 1. The van der Waals surface area contributed by atoms with Crippen LogP contribution in [0.3, 0.4) is 0 Å². The lowest BCUT2D eigenvalue weighted by Crippen LogP contribution is -3.00. The van der Waals surface area contributed by atoms with Crippen LogP contribution >= 0.6 is 11.3 Å². The van der Waals surface area contributed by atoms with E-state index in [9.17, 15) is 9.59 Å². The summed E-state index contributed by atoms with van der Waals surface area (Å²) in [7, 11) is 0. The van der Waals surface area contributed by atoms with E-state index in [1.54, 1.807) is 29.5 Å². The third kappa shape index (κ3) is 14.1. The van der Waals surface area contributed by atoms with Gasteiger partial charge in [-0.15, -0.1) is 0 Å². The molecule has 1 aromatic heterocycles. The molecule has 3 rings (SSSR count). The van der Waals surface area contributed by atoms with Gasteiger partial charge in [-0.25, -0.2) is 0 Å². The molecule has 6 nitrogen and oxygen atoms in total. The number of thiazole rings is 1. The molecule has 0 radical (unpaired) electrons. The first-order valence-electron chi connectivity index (χ1n) is 15.7. The highest BCUT2D eigenvalue weighted by molar-refractivity contribution is 7.09. The number of anilines is 1. The zero-order valence-corrected chi connectivity index (χ0v) is 28.6. The van der Waals surface area contributed by atoms with Crippen LogP contribution in [0.25, 0.3) is 0 Å². The van der Waals surface area contributed by atoms with Crippen molar-refractivity contribution < 1.29 is 40.6 Å². The SMILES string of the molecule is CCCCCCCCCCCCCCOc1c(OCC(=O)Nc2ccc(C[n+]3csc(C)c3)cc2)cccc1C(C)=O.[Br-]. The Hall–Kier alpha value is -2.71. The maximum atomic E-state index is 12.6. The van der Waals surface area contributed by atoms with Crippen molar-refractivity contribution >= 4 is 28.7 Å². The molecule has 1 amide bonds. The summed E-state index contributed by atoms with van der Waals surface area (Å²) in [6, 6.07) is 13.0. The number of amides is 1. The monoisotopic (exact) mass is 672 g/mol. The second-order valence-corrected chi connectivity index (χ2v) is 12.2. The van der Waals surface area contributed by atoms with E-state index in [0.717, 1.165) is 24.9 Å². The molecule has 3 aromatic rings. The van der Waals surface area contributed by atoms with Crippen molar-refractivity contribution in [1.82, 2.24) is 0 Å². The van der Waals surface area contributed by atoms with Gasteiger partial charge in [-0.3, -0.25) is 9.59 Å². The molecule has 1 N–H and O–H groups in total. The number of ketones is 1. The molecule has 2 aromatic carbocycles. The van der Waals surface area contributed by atoms with E-state index in [4.69, 9.17) is 9.47 Å². The first-order chi connectivity index (χ1) is 20.5. The number of carbonyl (C=O) groups excluding carboxylic acids is 2. The van der Waals surface area contributed by atoms with Crippen LogP contribution in [-0.4, -0.2) is 24.9 Å². The second kappa shape index (κ2) is 21.1. The lowest BCUT2D eigenvalue weighted by Gasteiger charge is -2.15. The number of halogens is 1. The second-order valence-electron chi connectivity index (χ2n) is 11.1. The average Bonchev–Trinajstić information content (AvgIpc) is 3.39. The highest BCUT2D eigenvalue weighted by Crippen LogP contribution is 2.32. The summed E-state index contributed by atoms with van der Waals surface area (Å²) in [5.74, 6) is 0.470. The van der Waals surface area contributed by atoms with Gasteiger partial charge in [-0.05, 0) is 44.5 Å². The Morgan fingerprint density at radius 3 is 2.05 bits per heavy atom. The number of rotatable bonds is 21. The number of benzene rings is 2. The zero-order chi connectivity index (χ0) is 30.0. The van der Waals surface area contributed by atoms with Gasteiger partial charge >= 0.3 is 0 Å². The summed E-state index contributed by atoms with van der Waals surface area (Å²) in [5, 5.41) is 2.88. The van der Waals surface area contributed by atoms with Crippen molar-refractivity contribution in [3.8, 4) is 11.5 Å². The largest absolute Gasteiger partial charge is 1.00 e. The van der Waals surface area contributed by atoms with Gasteiger partial charge in [-0.1, -0.05) is 107 Å². The lowest BCUT2D eigenvalue weighted by atomic mass is 10.1. The summed E-state index contributed by atoms with van der Waals surface area (Å²) in [5.41, 5.74) is 4.43. The average molecular weight is 674 g/mol. The topological polar surface area (TPSA) is 68.5 Å². The number of hydrogen-bond acceptors (Lipinski definition) is 5. The minimum atomic E-state index is -0.272. The third-order valence-corrected chi connectivity index (χ3v) is 8.14. The Balaban J connectivity index is 0.00000645. The van der Waals surface area contributed by atoms with Crippen LogP contribution in [0.4, 0.5) is 5.69 Å². The van der Waals surface area contributed by atoms with Crippen LogP contribution in [0.15, 0.2) is 54.2 Å². The fourth-order valence-corrected chi connectivity index (χ4v) is 5.58. The summed E-state index contributed by atoms with van der Waals surface area (Å²) < 4.78 is 14.0. The zero-order valence-electron chi connectivity index (χ0n) is 26.2.